The van der Waals surface area contributed by atoms with Crippen LogP contribution in [0.4, 0.5) is 11.6 Å². The lowest BCUT2D eigenvalue weighted by atomic mass is 10.2. The summed E-state index contributed by atoms with van der Waals surface area (Å²) in [5.41, 5.74) is 6.38. The normalized spacial score (nSPS) is 17.0. The Hall–Kier alpha value is -2.77. The van der Waals surface area contributed by atoms with E-state index in [9.17, 15) is 4.79 Å². The lowest BCUT2D eigenvalue weighted by molar-refractivity contribution is -0.128. The van der Waals surface area contributed by atoms with Gasteiger partial charge in [0.1, 0.15) is 11.6 Å². The number of carbonyl (C=O) groups excluding carboxylic acids is 1. The van der Waals surface area contributed by atoms with E-state index in [4.69, 9.17) is 10.5 Å². The molecule has 4 N–H and O–H groups in total. The van der Waals surface area contributed by atoms with Crippen molar-refractivity contribution in [1.29, 1.82) is 0 Å². The highest BCUT2D eigenvalue weighted by Gasteiger charge is 2.28. The molecule has 1 aliphatic heterocycles. The molecule has 1 aromatic carbocycles. The summed E-state index contributed by atoms with van der Waals surface area (Å²) in [6, 6.07) is 7.63. The minimum absolute atomic E-state index is 0.154. The van der Waals surface area contributed by atoms with E-state index in [1.165, 1.54) is 0 Å². The first-order valence-corrected chi connectivity index (χ1v) is 6.55. The number of H-pyrrole nitrogens is 1. The number of likely N-dealkylation sites (N-methyl/N-ethyl adjacent to an activating group) is 1. The number of rotatable bonds is 3. The van der Waals surface area contributed by atoms with Crippen LogP contribution in [0.2, 0.25) is 0 Å². The summed E-state index contributed by atoms with van der Waals surface area (Å²) in [6.07, 6.45) is -0.565. The third-order valence-corrected chi connectivity index (χ3v) is 3.26. The fraction of sp³-hybridized carbons (Fsp3) is 0.308. The van der Waals surface area contributed by atoms with Gasteiger partial charge >= 0.3 is 0 Å². The molecule has 0 fully saturated rings. The Kier molecular flexibility index (Phi) is 3.35. The van der Waals surface area contributed by atoms with Crippen molar-refractivity contribution in [2.24, 2.45) is 0 Å². The summed E-state index contributed by atoms with van der Waals surface area (Å²) in [7, 11) is 1.93. The predicted octanol–water partition coefficient (Wildman–Crippen LogP) is -0.0995. The number of ether oxygens (including phenoxy) is 1. The van der Waals surface area contributed by atoms with Crippen molar-refractivity contribution >= 4 is 17.5 Å². The Bertz CT molecular complexity index is 656. The second kappa shape index (κ2) is 5.31. The third-order valence-electron chi connectivity index (χ3n) is 3.26. The van der Waals surface area contributed by atoms with Crippen LogP contribution in [-0.2, 0) is 11.3 Å². The fourth-order valence-electron chi connectivity index (χ4n) is 2.22. The van der Waals surface area contributed by atoms with E-state index < -0.39 is 6.10 Å². The average molecular weight is 288 g/mol. The molecule has 0 saturated carbocycles. The highest BCUT2D eigenvalue weighted by atomic mass is 16.5. The lowest BCUT2D eigenvalue weighted by Gasteiger charge is -2.32. The van der Waals surface area contributed by atoms with Crippen molar-refractivity contribution in [2.45, 2.75) is 12.6 Å². The topological polar surface area (TPSA) is 109 Å². The van der Waals surface area contributed by atoms with Crippen molar-refractivity contribution < 1.29 is 9.53 Å². The summed E-state index contributed by atoms with van der Waals surface area (Å²) in [4.78, 5) is 18.1. The van der Waals surface area contributed by atoms with Crippen LogP contribution in [0.5, 0.6) is 5.75 Å². The number of hydrogen-bond acceptors (Lipinski definition) is 6. The molecule has 0 saturated heterocycles. The van der Waals surface area contributed by atoms with Crippen LogP contribution >= 0.6 is 0 Å². The van der Waals surface area contributed by atoms with Crippen LogP contribution in [-0.4, -0.2) is 40.8 Å². The third kappa shape index (κ3) is 2.73. The zero-order valence-corrected chi connectivity index (χ0v) is 11.5. The minimum atomic E-state index is -0.565. The van der Waals surface area contributed by atoms with Crippen LogP contribution in [0.3, 0.4) is 0 Å². The molecule has 0 bridgehead atoms. The molecule has 3 rings (SSSR count). The number of amides is 1. The zero-order chi connectivity index (χ0) is 14.8. The van der Waals surface area contributed by atoms with Gasteiger partial charge in [0.2, 0.25) is 5.95 Å². The first kappa shape index (κ1) is 13.2. The van der Waals surface area contributed by atoms with E-state index in [0.717, 1.165) is 5.69 Å². The smallest absolute Gasteiger partial charge is 0.263 e. The van der Waals surface area contributed by atoms with Gasteiger partial charge in [0, 0.05) is 7.05 Å². The molecule has 2 heterocycles. The maximum atomic E-state index is 12.2. The maximum absolute atomic E-state index is 12.2. The number of anilines is 2. The molecule has 0 spiro atoms. The van der Waals surface area contributed by atoms with Gasteiger partial charge in [0.25, 0.3) is 5.91 Å². The van der Waals surface area contributed by atoms with E-state index >= 15 is 0 Å². The van der Waals surface area contributed by atoms with Gasteiger partial charge in [-0.15, -0.1) is 5.10 Å². The standard InChI is InChI=1S/C13H16N6O2/c1-19-7-10(21-9-5-3-2-4-8(9)19)12(20)15-6-11-16-13(14)18-17-11/h2-5,10H,6-7H2,1H3,(H,15,20)(H3,14,16,17,18). The summed E-state index contributed by atoms with van der Waals surface area (Å²) < 4.78 is 5.73. The van der Waals surface area contributed by atoms with Crippen molar-refractivity contribution in [3.63, 3.8) is 0 Å². The Morgan fingerprint density at radius 1 is 1.57 bits per heavy atom. The minimum Gasteiger partial charge on any atom is -0.477 e. The monoisotopic (exact) mass is 288 g/mol. The number of aromatic nitrogens is 3. The van der Waals surface area contributed by atoms with Gasteiger partial charge in [-0.05, 0) is 12.1 Å². The molecule has 0 aliphatic carbocycles. The number of fused-ring (bicyclic) bond motifs is 1. The number of nitrogens with zero attached hydrogens (tertiary/aromatic N) is 3. The summed E-state index contributed by atoms with van der Waals surface area (Å²) >= 11 is 0. The Morgan fingerprint density at radius 3 is 3.14 bits per heavy atom. The molecule has 1 unspecified atom stereocenters. The SMILES string of the molecule is CN1CC(C(=O)NCc2nc(N)n[nH]2)Oc2ccccc21. The number of benzene rings is 1. The van der Waals surface area contributed by atoms with Crippen LogP contribution in [0.1, 0.15) is 5.82 Å². The first-order valence-electron chi connectivity index (χ1n) is 6.55. The Labute approximate surface area is 121 Å². The molecule has 1 aromatic heterocycles. The van der Waals surface area contributed by atoms with E-state index in [-0.39, 0.29) is 18.4 Å². The van der Waals surface area contributed by atoms with Crippen molar-refractivity contribution in [2.75, 3.05) is 24.2 Å². The average Bonchev–Trinajstić information content (AvgIpc) is 2.90. The van der Waals surface area contributed by atoms with Gasteiger partial charge in [0.05, 0.1) is 18.8 Å². The molecule has 1 amide bonds. The summed E-state index contributed by atoms with van der Waals surface area (Å²) in [5.74, 6) is 1.16. The summed E-state index contributed by atoms with van der Waals surface area (Å²) in [5, 5.41) is 9.09. The second-order valence-electron chi connectivity index (χ2n) is 4.81. The van der Waals surface area contributed by atoms with Crippen LogP contribution in [0.15, 0.2) is 24.3 Å². The quantitative estimate of drug-likeness (QED) is 0.727. The molecular formula is C13H16N6O2. The van der Waals surface area contributed by atoms with Crippen LogP contribution in [0.25, 0.3) is 0 Å². The van der Waals surface area contributed by atoms with Gasteiger partial charge in [-0.1, -0.05) is 12.1 Å². The van der Waals surface area contributed by atoms with Crippen molar-refractivity contribution in [3.05, 3.63) is 30.1 Å². The molecule has 8 heteroatoms. The lowest BCUT2D eigenvalue weighted by Crippen LogP contribution is -2.47. The zero-order valence-electron chi connectivity index (χ0n) is 11.5. The number of nitrogens with one attached hydrogen (secondary N) is 2. The number of carbonyl (C=O) groups is 1. The molecule has 0 radical (unpaired) electrons. The van der Waals surface area contributed by atoms with Crippen LogP contribution in [0, 0.1) is 0 Å². The fourth-order valence-corrected chi connectivity index (χ4v) is 2.22. The molecular weight excluding hydrogens is 272 g/mol. The molecule has 1 aliphatic rings. The highest BCUT2D eigenvalue weighted by molar-refractivity contribution is 5.83. The van der Waals surface area contributed by atoms with Crippen molar-refractivity contribution in [1.82, 2.24) is 20.5 Å². The maximum Gasteiger partial charge on any atom is 0.263 e. The molecule has 1 atom stereocenters. The number of nitrogens with two attached hydrogens (primary N) is 1. The Morgan fingerprint density at radius 2 is 2.38 bits per heavy atom. The predicted molar refractivity (Wildman–Crippen MR) is 76.8 cm³/mol. The number of aromatic amines is 1. The van der Waals surface area contributed by atoms with E-state index in [1.54, 1.807) is 0 Å². The first-order chi connectivity index (χ1) is 10.1. The molecule has 8 nitrogen and oxygen atoms in total. The van der Waals surface area contributed by atoms with Gasteiger partial charge in [-0.3, -0.25) is 9.89 Å². The molecule has 2 aromatic rings. The van der Waals surface area contributed by atoms with Gasteiger partial charge in [-0.25, -0.2) is 0 Å². The second-order valence-corrected chi connectivity index (χ2v) is 4.81. The van der Waals surface area contributed by atoms with Gasteiger partial charge in [0.15, 0.2) is 6.10 Å². The van der Waals surface area contributed by atoms with E-state index in [2.05, 4.69) is 20.5 Å². The number of para-hydroxylation sites is 2. The molecule has 21 heavy (non-hydrogen) atoms. The number of nitrogen functional groups attached to an aromatic ring is 1. The van der Waals surface area contributed by atoms with E-state index in [1.807, 2.05) is 36.2 Å². The Balaban J connectivity index is 1.64. The van der Waals surface area contributed by atoms with E-state index in [0.29, 0.717) is 18.1 Å². The van der Waals surface area contributed by atoms with Gasteiger partial charge in [-0.2, -0.15) is 4.98 Å². The van der Waals surface area contributed by atoms with Crippen LogP contribution < -0.4 is 20.7 Å². The van der Waals surface area contributed by atoms with Gasteiger partial charge < -0.3 is 20.7 Å². The summed E-state index contributed by atoms with van der Waals surface area (Å²) in [6.45, 7) is 0.718. The molecule has 110 valence electrons. The highest BCUT2D eigenvalue weighted by Crippen LogP contribution is 2.31. The number of hydrogen-bond donors (Lipinski definition) is 3. The largest absolute Gasteiger partial charge is 0.477 e. The van der Waals surface area contributed by atoms with Crippen molar-refractivity contribution in [3.8, 4) is 5.75 Å².